The molecule has 1 atom stereocenters. The van der Waals surface area contributed by atoms with Gasteiger partial charge in [0.05, 0.1) is 18.2 Å². The van der Waals surface area contributed by atoms with Crippen LogP contribution >= 0.6 is 0 Å². The summed E-state index contributed by atoms with van der Waals surface area (Å²) in [6.45, 7) is 0. The van der Waals surface area contributed by atoms with Gasteiger partial charge in [0.1, 0.15) is 11.4 Å². The molecule has 1 aliphatic rings. The number of nitrogens with two attached hydrogens (primary N) is 2. The summed E-state index contributed by atoms with van der Waals surface area (Å²) < 4.78 is 94.3. The molecular formula is C17H15F7N4O2. The lowest BCUT2D eigenvalue weighted by molar-refractivity contribution is -0.275. The number of hydrogen-bond donors (Lipinski definition) is 2. The van der Waals surface area contributed by atoms with Crippen molar-refractivity contribution in [1.29, 1.82) is 0 Å². The van der Waals surface area contributed by atoms with Crippen LogP contribution in [-0.4, -0.2) is 28.2 Å². The molecule has 6 nitrogen and oxygen atoms in total. The van der Waals surface area contributed by atoms with Crippen molar-refractivity contribution >= 4 is 11.7 Å². The molecule has 1 aliphatic carbocycles. The van der Waals surface area contributed by atoms with Crippen LogP contribution < -0.4 is 16.2 Å². The lowest BCUT2D eigenvalue weighted by Crippen LogP contribution is -2.20. The molecule has 1 heterocycles. The van der Waals surface area contributed by atoms with Gasteiger partial charge in [0, 0.05) is 0 Å². The van der Waals surface area contributed by atoms with Crippen LogP contribution in [-0.2, 0) is 6.42 Å². The van der Waals surface area contributed by atoms with Gasteiger partial charge in [-0.15, -0.1) is 13.2 Å². The molecule has 30 heavy (non-hydrogen) atoms. The molecular weight excluding hydrogens is 425 g/mol. The van der Waals surface area contributed by atoms with E-state index in [0.717, 1.165) is 22.9 Å². The van der Waals surface area contributed by atoms with E-state index >= 15 is 0 Å². The smallest absolute Gasteiger partial charge is 0.403 e. The Morgan fingerprint density at radius 1 is 1.23 bits per heavy atom. The quantitative estimate of drug-likeness (QED) is 0.670. The average Bonchev–Trinajstić information content (AvgIpc) is 3.33. The van der Waals surface area contributed by atoms with E-state index in [4.69, 9.17) is 11.5 Å². The highest BCUT2D eigenvalue weighted by atomic mass is 19.4. The summed E-state index contributed by atoms with van der Waals surface area (Å²) in [7, 11) is 0. The van der Waals surface area contributed by atoms with Gasteiger partial charge in [0.2, 0.25) is 0 Å². The highest BCUT2D eigenvalue weighted by Gasteiger charge is 2.40. The molecule has 0 bridgehead atoms. The van der Waals surface area contributed by atoms with Crippen molar-refractivity contribution in [3.63, 3.8) is 0 Å². The first-order chi connectivity index (χ1) is 13.8. The number of ether oxygens (including phenoxy) is 1. The Labute approximate surface area is 164 Å². The Balaban J connectivity index is 2.05. The molecule has 0 spiro atoms. The Morgan fingerprint density at radius 2 is 1.87 bits per heavy atom. The molecule has 0 radical (unpaired) electrons. The summed E-state index contributed by atoms with van der Waals surface area (Å²) in [6.07, 6.45) is -10.2. The summed E-state index contributed by atoms with van der Waals surface area (Å²) in [5, 5.41) is 3.80. The first-order valence-electron chi connectivity index (χ1n) is 8.55. The van der Waals surface area contributed by atoms with Crippen molar-refractivity contribution in [2.24, 2.45) is 11.7 Å². The van der Waals surface area contributed by atoms with E-state index in [2.05, 4.69) is 9.84 Å². The molecule has 1 aromatic heterocycles. The zero-order chi connectivity index (χ0) is 22.4. The van der Waals surface area contributed by atoms with Crippen LogP contribution in [0.3, 0.4) is 0 Å². The van der Waals surface area contributed by atoms with Gasteiger partial charge in [-0.1, -0.05) is 6.07 Å². The molecule has 4 N–H and O–H groups in total. The number of rotatable bonds is 6. The molecule has 1 amide bonds. The summed E-state index contributed by atoms with van der Waals surface area (Å²) in [5.74, 6) is -4.26. The number of carbonyl (C=O) groups is 1. The molecule has 2 aromatic rings. The number of amides is 1. The van der Waals surface area contributed by atoms with Crippen LogP contribution in [0.5, 0.6) is 5.75 Å². The Bertz CT molecular complexity index is 964. The van der Waals surface area contributed by atoms with E-state index in [1.165, 1.54) is 0 Å². The molecule has 1 saturated carbocycles. The predicted molar refractivity (Wildman–Crippen MR) is 88.9 cm³/mol. The maximum Gasteiger partial charge on any atom is 0.573 e. The maximum absolute atomic E-state index is 14.2. The zero-order valence-corrected chi connectivity index (χ0v) is 15.0. The van der Waals surface area contributed by atoms with Gasteiger partial charge in [-0.2, -0.15) is 18.3 Å². The van der Waals surface area contributed by atoms with Crippen molar-refractivity contribution in [3.8, 4) is 5.75 Å². The summed E-state index contributed by atoms with van der Waals surface area (Å²) in [5.41, 5.74) is 9.82. The van der Waals surface area contributed by atoms with Crippen molar-refractivity contribution in [3.05, 3.63) is 40.8 Å². The minimum atomic E-state index is -5.10. The third kappa shape index (κ3) is 4.76. The second-order valence-electron chi connectivity index (χ2n) is 6.83. The van der Waals surface area contributed by atoms with Gasteiger partial charge in [0.15, 0.2) is 11.6 Å². The lowest BCUT2D eigenvalue weighted by Gasteiger charge is -2.20. The number of nitrogens with zero attached hydrogens (tertiary/aromatic N) is 2. The average molecular weight is 440 g/mol. The summed E-state index contributed by atoms with van der Waals surface area (Å²) in [4.78, 5) is 11.7. The fourth-order valence-electron chi connectivity index (χ4n) is 3.22. The zero-order valence-electron chi connectivity index (χ0n) is 15.0. The summed E-state index contributed by atoms with van der Waals surface area (Å²) >= 11 is 0. The van der Waals surface area contributed by atoms with E-state index in [-0.39, 0.29) is 11.5 Å². The highest BCUT2D eigenvalue weighted by molar-refractivity contribution is 5.98. The number of aromatic nitrogens is 2. The standard InChI is InChI=1S/C17H15F7N4O2/c18-9-5-8(3-4-11(9)30-17(22,23)24)13(7-1-2-7)28-14(25)12(15(26)29)10(27-28)6-16(19,20)21/h3-5,7,13H,1-2,6,25H2,(H2,26,29). The highest BCUT2D eigenvalue weighted by Crippen LogP contribution is 2.45. The number of nitrogen functional groups attached to an aromatic ring is 1. The van der Waals surface area contributed by atoms with Gasteiger partial charge < -0.3 is 16.2 Å². The topological polar surface area (TPSA) is 96.2 Å². The Morgan fingerprint density at radius 3 is 2.33 bits per heavy atom. The molecule has 1 fully saturated rings. The lowest BCUT2D eigenvalue weighted by atomic mass is 10.0. The second kappa shape index (κ2) is 7.36. The van der Waals surface area contributed by atoms with E-state index < -0.39 is 59.6 Å². The monoisotopic (exact) mass is 440 g/mol. The van der Waals surface area contributed by atoms with Gasteiger partial charge in [-0.05, 0) is 36.5 Å². The number of alkyl halides is 6. The molecule has 164 valence electrons. The fraction of sp³-hybridized carbons (Fsp3) is 0.412. The van der Waals surface area contributed by atoms with Crippen LogP contribution in [0.1, 0.15) is 40.5 Å². The van der Waals surface area contributed by atoms with Crippen molar-refractivity contribution < 1.29 is 40.3 Å². The number of hydrogen-bond acceptors (Lipinski definition) is 4. The maximum atomic E-state index is 14.2. The van der Waals surface area contributed by atoms with Crippen molar-refractivity contribution in [1.82, 2.24) is 9.78 Å². The van der Waals surface area contributed by atoms with E-state index in [1.807, 2.05) is 0 Å². The molecule has 3 rings (SSSR count). The normalized spacial score (nSPS) is 15.8. The summed E-state index contributed by atoms with van der Waals surface area (Å²) in [6, 6.07) is 1.73. The number of primary amides is 1. The minimum absolute atomic E-state index is 0.105. The number of halogens is 7. The number of carbonyl (C=O) groups excluding carboxylic acids is 1. The Hall–Kier alpha value is -2.99. The first kappa shape index (κ1) is 21.7. The van der Waals surface area contributed by atoms with Crippen LogP contribution in [0.4, 0.5) is 36.6 Å². The molecule has 1 aromatic carbocycles. The van der Waals surface area contributed by atoms with E-state index in [1.54, 1.807) is 0 Å². The third-order valence-electron chi connectivity index (χ3n) is 4.49. The molecule has 0 saturated heterocycles. The van der Waals surface area contributed by atoms with Crippen LogP contribution in [0.15, 0.2) is 18.2 Å². The third-order valence-corrected chi connectivity index (χ3v) is 4.49. The van der Waals surface area contributed by atoms with Crippen molar-refractivity contribution in [2.75, 3.05) is 5.73 Å². The first-order valence-corrected chi connectivity index (χ1v) is 8.55. The number of benzene rings is 1. The van der Waals surface area contributed by atoms with Gasteiger partial charge in [-0.3, -0.25) is 4.79 Å². The van der Waals surface area contributed by atoms with Crippen LogP contribution in [0.25, 0.3) is 0 Å². The molecule has 0 aliphatic heterocycles. The minimum Gasteiger partial charge on any atom is -0.403 e. The van der Waals surface area contributed by atoms with Crippen molar-refractivity contribution in [2.45, 2.75) is 37.8 Å². The molecule has 1 unspecified atom stereocenters. The van der Waals surface area contributed by atoms with Gasteiger partial charge >= 0.3 is 12.5 Å². The van der Waals surface area contributed by atoms with Crippen LogP contribution in [0.2, 0.25) is 0 Å². The number of anilines is 1. The predicted octanol–water partition coefficient (Wildman–Crippen LogP) is 3.71. The fourth-order valence-corrected chi connectivity index (χ4v) is 3.22. The second-order valence-corrected chi connectivity index (χ2v) is 6.83. The molecule has 13 heteroatoms. The Kier molecular flexibility index (Phi) is 5.33. The SMILES string of the molecule is NC(=O)c1c(CC(F)(F)F)nn(C(c2ccc(OC(F)(F)F)c(F)c2)C2CC2)c1N. The van der Waals surface area contributed by atoms with Gasteiger partial charge in [0.25, 0.3) is 5.91 Å². The van der Waals surface area contributed by atoms with Gasteiger partial charge in [-0.25, -0.2) is 9.07 Å². The van der Waals surface area contributed by atoms with E-state index in [9.17, 15) is 35.5 Å². The largest absolute Gasteiger partial charge is 0.573 e. The van der Waals surface area contributed by atoms with E-state index in [0.29, 0.717) is 12.8 Å². The van der Waals surface area contributed by atoms with Crippen LogP contribution in [0, 0.1) is 11.7 Å².